The van der Waals surface area contributed by atoms with Crippen LogP contribution in [0.1, 0.15) is 31.7 Å². The molecule has 0 unspecified atom stereocenters. The normalized spacial score (nSPS) is 15.2. The number of hydrogen-bond acceptors (Lipinski definition) is 4. The van der Waals surface area contributed by atoms with Crippen molar-refractivity contribution in [3.63, 3.8) is 0 Å². The second-order valence-corrected chi connectivity index (χ2v) is 7.65. The number of hydrogen-bond donors (Lipinski definition) is 1. The van der Waals surface area contributed by atoms with Gasteiger partial charge in [0.1, 0.15) is 0 Å². The fourth-order valence-electron chi connectivity index (χ4n) is 4.04. The summed E-state index contributed by atoms with van der Waals surface area (Å²) < 4.78 is 7.68. The van der Waals surface area contributed by atoms with Crippen molar-refractivity contribution in [1.29, 1.82) is 0 Å². The maximum atomic E-state index is 6.50. The maximum absolute atomic E-state index is 6.50. The quantitative estimate of drug-likeness (QED) is 0.537. The van der Waals surface area contributed by atoms with Gasteiger partial charge in [0.05, 0.1) is 30.4 Å². The molecule has 1 aliphatic carbocycles. The monoisotopic (exact) mass is 384 g/mol. The van der Waals surface area contributed by atoms with Crippen molar-refractivity contribution < 1.29 is 4.74 Å². The summed E-state index contributed by atoms with van der Waals surface area (Å²) in [5, 5.41) is 0. The predicted molar refractivity (Wildman–Crippen MR) is 115 cm³/mol. The molecule has 0 atom stereocenters. The third-order valence-electron chi connectivity index (χ3n) is 5.79. The molecular formula is C24H24N4O. The molecule has 0 amide bonds. The van der Waals surface area contributed by atoms with Crippen LogP contribution < -0.4 is 10.5 Å². The molecule has 0 aliphatic heterocycles. The van der Waals surface area contributed by atoms with Crippen molar-refractivity contribution in [2.24, 2.45) is 5.73 Å². The van der Waals surface area contributed by atoms with E-state index >= 15 is 0 Å². The molecule has 1 aliphatic rings. The fraction of sp³-hybridized carbons (Fsp3) is 0.250. The average molecular weight is 384 g/mol. The molecule has 1 saturated carbocycles. The van der Waals surface area contributed by atoms with Gasteiger partial charge < -0.3 is 10.5 Å². The Morgan fingerprint density at radius 1 is 1.03 bits per heavy atom. The van der Waals surface area contributed by atoms with Gasteiger partial charge >= 0.3 is 0 Å². The summed E-state index contributed by atoms with van der Waals surface area (Å²) in [6.45, 7) is 2.56. The van der Waals surface area contributed by atoms with E-state index in [2.05, 4.69) is 41.4 Å². The molecule has 2 heterocycles. The number of nitrogens with zero attached hydrogens (tertiary/aromatic N) is 3. The van der Waals surface area contributed by atoms with Crippen molar-refractivity contribution in [3.8, 4) is 28.3 Å². The van der Waals surface area contributed by atoms with Crippen LogP contribution in [0.2, 0.25) is 0 Å². The number of aromatic nitrogens is 3. The lowest BCUT2D eigenvalue weighted by atomic mass is 9.72. The molecule has 2 aromatic heterocycles. The highest BCUT2D eigenvalue weighted by atomic mass is 16.5. The fourth-order valence-corrected chi connectivity index (χ4v) is 4.04. The first kappa shape index (κ1) is 17.9. The topological polar surface area (TPSA) is 65.4 Å². The summed E-state index contributed by atoms with van der Waals surface area (Å²) in [5.74, 6) is 1.38. The van der Waals surface area contributed by atoms with Crippen molar-refractivity contribution in [3.05, 3.63) is 72.6 Å². The van der Waals surface area contributed by atoms with Crippen molar-refractivity contribution in [1.82, 2.24) is 14.4 Å². The van der Waals surface area contributed by atoms with Crippen LogP contribution in [0.25, 0.3) is 28.3 Å². The van der Waals surface area contributed by atoms with Gasteiger partial charge in [0, 0.05) is 16.7 Å². The standard InChI is InChI=1S/C24H24N4O/c1-2-29-20-15-26-23-27-21(22(28(23)16-20)18-7-4-3-5-8-18)17-9-11-19(12-10-17)24(25)13-6-14-24/h3-5,7-12,15-16H,2,6,13-14,25H2,1H3. The van der Waals surface area contributed by atoms with Gasteiger partial charge in [-0.05, 0) is 31.7 Å². The molecule has 0 spiro atoms. The number of nitrogens with two attached hydrogens (primary N) is 1. The summed E-state index contributed by atoms with van der Waals surface area (Å²) in [6.07, 6.45) is 7.00. The Kier molecular flexibility index (Phi) is 4.32. The first-order valence-corrected chi connectivity index (χ1v) is 10.1. The molecule has 5 nitrogen and oxygen atoms in total. The van der Waals surface area contributed by atoms with Crippen LogP contribution >= 0.6 is 0 Å². The zero-order chi connectivity index (χ0) is 19.8. The molecular weight excluding hydrogens is 360 g/mol. The first-order chi connectivity index (χ1) is 14.2. The van der Waals surface area contributed by atoms with E-state index in [0.29, 0.717) is 12.4 Å². The lowest BCUT2D eigenvalue weighted by Crippen LogP contribution is -2.43. The number of ether oxygens (including phenoxy) is 1. The Bertz CT molecular complexity index is 1140. The Morgan fingerprint density at radius 2 is 1.79 bits per heavy atom. The zero-order valence-electron chi connectivity index (χ0n) is 16.5. The van der Waals surface area contributed by atoms with Crippen LogP contribution in [-0.2, 0) is 5.54 Å². The maximum Gasteiger partial charge on any atom is 0.235 e. The third-order valence-corrected chi connectivity index (χ3v) is 5.79. The van der Waals surface area contributed by atoms with Crippen molar-refractivity contribution in [2.45, 2.75) is 31.7 Å². The zero-order valence-corrected chi connectivity index (χ0v) is 16.5. The lowest BCUT2D eigenvalue weighted by Gasteiger charge is -2.38. The van der Waals surface area contributed by atoms with Crippen LogP contribution in [0, 0.1) is 0 Å². The Hall–Kier alpha value is -3.18. The minimum absolute atomic E-state index is 0.159. The van der Waals surface area contributed by atoms with Gasteiger partial charge in [-0.15, -0.1) is 0 Å². The van der Waals surface area contributed by atoms with E-state index in [4.69, 9.17) is 15.5 Å². The summed E-state index contributed by atoms with van der Waals surface area (Å²) in [7, 11) is 0. The molecule has 2 aromatic carbocycles. The number of rotatable bonds is 5. The van der Waals surface area contributed by atoms with E-state index in [-0.39, 0.29) is 5.54 Å². The predicted octanol–water partition coefficient (Wildman–Crippen LogP) is 4.80. The van der Waals surface area contributed by atoms with Gasteiger partial charge in [-0.1, -0.05) is 54.6 Å². The number of benzene rings is 2. The van der Waals surface area contributed by atoms with E-state index in [1.807, 2.05) is 35.7 Å². The molecule has 1 fully saturated rings. The van der Waals surface area contributed by atoms with E-state index in [1.54, 1.807) is 6.20 Å². The SMILES string of the molecule is CCOc1cnc2nc(-c3ccc(C4(N)CCC4)cc3)c(-c3ccccc3)n2c1. The van der Waals surface area contributed by atoms with Gasteiger partial charge in [0.25, 0.3) is 0 Å². The minimum Gasteiger partial charge on any atom is -0.491 e. The van der Waals surface area contributed by atoms with Crippen LogP contribution in [0.15, 0.2) is 67.0 Å². The summed E-state index contributed by atoms with van der Waals surface area (Å²) in [5.41, 5.74) is 11.6. The molecule has 5 heteroatoms. The highest BCUT2D eigenvalue weighted by Crippen LogP contribution is 2.40. The smallest absolute Gasteiger partial charge is 0.235 e. The van der Waals surface area contributed by atoms with E-state index in [1.165, 1.54) is 12.0 Å². The van der Waals surface area contributed by atoms with Gasteiger partial charge in [0.15, 0.2) is 5.75 Å². The highest BCUT2D eigenvalue weighted by molar-refractivity contribution is 5.81. The molecule has 5 rings (SSSR count). The number of fused-ring (bicyclic) bond motifs is 1. The van der Waals surface area contributed by atoms with Crippen LogP contribution in [0.3, 0.4) is 0 Å². The molecule has 146 valence electrons. The lowest BCUT2D eigenvalue weighted by molar-refractivity contribution is 0.253. The Morgan fingerprint density at radius 3 is 2.45 bits per heavy atom. The minimum atomic E-state index is -0.159. The molecule has 4 aromatic rings. The first-order valence-electron chi connectivity index (χ1n) is 10.1. The number of imidazole rings is 1. The summed E-state index contributed by atoms with van der Waals surface area (Å²) >= 11 is 0. The van der Waals surface area contributed by atoms with Gasteiger partial charge in [-0.25, -0.2) is 9.97 Å². The second kappa shape index (κ2) is 7.01. The molecule has 2 N–H and O–H groups in total. The third kappa shape index (κ3) is 3.08. The molecule has 0 radical (unpaired) electrons. The molecule has 29 heavy (non-hydrogen) atoms. The average Bonchev–Trinajstić information content (AvgIpc) is 3.12. The molecule has 0 saturated heterocycles. The Balaban J connectivity index is 1.66. The Labute approximate surface area is 170 Å². The van der Waals surface area contributed by atoms with Crippen molar-refractivity contribution >= 4 is 5.78 Å². The largest absolute Gasteiger partial charge is 0.491 e. The van der Waals surface area contributed by atoms with Crippen LogP contribution in [0.4, 0.5) is 0 Å². The summed E-state index contributed by atoms with van der Waals surface area (Å²) in [6, 6.07) is 18.8. The van der Waals surface area contributed by atoms with Gasteiger partial charge in [0.2, 0.25) is 5.78 Å². The van der Waals surface area contributed by atoms with Gasteiger partial charge in [-0.3, -0.25) is 4.40 Å². The molecule has 0 bridgehead atoms. The summed E-state index contributed by atoms with van der Waals surface area (Å²) in [4.78, 5) is 9.37. The van der Waals surface area contributed by atoms with E-state index in [0.717, 1.165) is 41.1 Å². The van der Waals surface area contributed by atoms with E-state index < -0.39 is 0 Å². The van der Waals surface area contributed by atoms with Crippen LogP contribution in [0.5, 0.6) is 5.75 Å². The second-order valence-electron chi connectivity index (χ2n) is 7.65. The van der Waals surface area contributed by atoms with Crippen LogP contribution in [-0.4, -0.2) is 21.0 Å². The van der Waals surface area contributed by atoms with E-state index in [9.17, 15) is 0 Å². The highest BCUT2D eigenvalue weighted by Gasteiger charge is 2.34. The van der Waals surface area contributed by atoms with Gasteiger partial charge in [-0.2, -0.15) is 0 Å². The van der Waals surface area contributed by atoms with Crippen molar-refractivity contribution in [2.75, 3.05) is 6.61 Å².